The minimum absolute atomic E-state index is 0.274. The summed E-state index contributed by atoms with van der Waals surface area (Å²) in [6, 6.07) is 2.97. The Morgan fingerprint density at radius 1 is 1.38 bits per heavy atom. The van der Waals surface area contributed by atoms with Gasteiger partial charge in [0.15, 0.2) is 0 Å². The van der Waals surface area contributed by atoms with Gasteiger partial charge in [0.1, 0.15) is 0 Å². The fraction of sp³-hybridized carbons (Fsp3) is 0.182. The van der Waals surface area contributed by atoms with E-state index in [-0.39, 0.29) is 5.56 Å². The van der Waals surface area contributed by atoms with Crippen molar-refractivity contribution < 1.29 is 23.1 Å². The van der Waals surface area contributed by atoms with E-state index in [1.165, 1.54) is 6.92 Å². The van der Waals surface area contributed by atoms with Crippen LogP contribution in [-0.4, -0.2) is 11.1 Å². The van der Waals surface area contributed by atoms with E-state index in [9.17, 15) is 18.0 Å². The monoisotopic (exact) mass is 228 g/mol. The predicted molar refractivity (Wildman–Crippen MR) is 50.7 cm³/mol. The fourth-order valence-electron chi connectivity index (χ4n) is 1.10. The number of hydrogen-bond acceptors (Lipinski definition) is 1. The van der Waals surface area contributed by atoms with Gasteiger partial charge in [-0.1, -0.05) is 5.92 Å². The second kappa shape index (κ2) is 4.27. The van der Waals surface area contributed by atoms with Gasteiger partial charge in [0.25, 0.3) is 0 Å². The van der Waals surface area contributed by atoms with Gasteiger partial charge in [-0.15, -0.1) is 0 Å². The van der Waals surface area contributed by atoms with Crippen molar-refractivity contribution in [2.45, 2.75) is 13.1 Å². The highest BCUT2D eigenvalue weighted by molar-refractivity contribution is 5.87. The summed E-state index contributed by atoms with van der Waals surface area (Å²) in [5.74, 6) is 2.80. The standard InChI is InChI=1S/C11H7F3O2/c1-7-6-9(11(12,13)14)4-2-8(7)3-5-10(15)16/h2,4,6H,1H3,(H,15,16). The van der Waals surface area contributed by atoms with E-state index in [0.29, 0.717) is 5.56 Å². The summed E-state index contributed by atoms with van der Waals surface area (Å²) in [5, 5.41) is 8.30. The number of carboxylic acid groups (broad SMARTS) is 1. The topological polar surface area (TPSA) is 37.3 Å². The summed E-state index contributed by atoms with van der Waals surface area (Å²) >= 11 is 0. The quantitative estimate of drug-likeness (QED) is 0.692. The zero-order chi connectivity index (χ0) is 12.3. The second-order valence-electron chi connectivity index (χ2n) is 3.08. The molecule has 1 aromatic carbocycles. The Hall–Kier alpha value is -1.96. The third kappa shape index (κ3) is 3.02. The molecular weight excluding hydrogens is 221 g/mol. The smallest absolute Gasteiger partial charge is 0.416 e. The molecule has 0 bridgehead atoms. The van der Waals surface area contributed by atoms with Gasteiger partial charge >= 0.3 is 12.1 Å². The Kier molecular flexibility index (Phi) is 3.23. The Balaban J connectivity index is 3.12. The summed E-state index contributed by atoms with van der Waals surface area (Å²) < 4.78 is 36.9. The van der Waals surface area contributed by atoms with Gasteiger partial charge in [0.05, 0.1) is 5.56 Å². The zero-order valence-electron chi connectivity index (χ0n) is 8.22. The van der Waals surface area contributed by atoms with Crippen molar-refractivity contribution in [2.75, 3.05) is 0 Å². The van der Waals surface area contributed by atoms with Crippen molar-refractivity contribution in [3.8, 4) is 11.8 Å². The fourth-order valence-corrected chi connectivity index (χ4v) is 1.10. The van der Waals surface area contributed by atoms with E-state index in [4.69, 9.17) is 5.11 Å². The largest absolute Gasteiger partial charge is 0.472 e. The first kappa shape index (κ1) is 12.1. The highest BCUT2D eigenvalue weighted by atomic mass is 19.4. The third-order valence-corrected chi connectivity index (χ3v) is 1.86. The summed E-state index contributed by atoms with van der Waals surface area (Å²) in [4.78, 5) is 10.2. The van der Waals surface area contributed by atoms with Crippen molar-refractivity contribution in [1.82, 2.24) is 0 Å². The summed E-state index contributed by atoms with van der Waals surface area (Å²) in [6.07, 6.45) is -4.40. The van der Waals surface area contributed by atoms with E-state index < -0.39 is 17.7 Å². The normalized spacial score (nSPS) is 10.5. The minimum Gasteiger partial charge on any atom is -0.472 e. The van der Waals surface area contributed by atoms with E-state index in [2.05, 4.69) is 5.92 Å². The van der Waals surface area contributed by atoms with Crippen molar-refractivity contribution >= 4 is 5.97 Å². The van der Waals surface area contributed by atoms with Gasteiger partial charge in [-0.3, -0.25) is 0 Å². The molecule has 0 fully saturated rings. The molecule has 0 heterocycles. The van der Waals surface area contributed by atoms with Crippen LogP contribution < -0.4 is 0 Å². The van der Waals surface area contributed by atoms with Crippen LogP contribution in [0.2, 0.25) is 0 Å². The van der Waals surface area contributed by atoms with Crippen LogP contribution in [0.5, 0.6) is 0 Å². The molecule has 0 aromatic heterocycles. The highest BCUT2D eigenvalue weighted by Crippen LogP contribution is 2.30. The number of halogens is 3. The maximum Gasteiger partial charge on any atom is 0.416 e. The van der Waals surface area contributed by atoms with Crippen LogP contribution in [0.4, 0.5) is 13.2 Å². The lowest BCUT2D eigenvalue weighted by Crippen LogP contribution is -2.05. The molecule has 16 heavy (non-hydrogen) atoms. The number of hydrogen-bond donors (Lipinski definition) is 1. The molecule has 0 aliphatic rings. The molecule has 0 amide bonds. The molecule has 5 heteroatoms. The summed E-state index contributed by atoms with van der Waals surface area (Å²) in [5.41, 5.74) is -0.204. The molecule has 0 aliphatic heterocycles. The molecule has 0 atom stereocenters. The molecule has 84 valence electrons. The van der Waals surface area contributed by atoms with Gasteiger partial charge < -0.3 is 5.11 Å². The van der Waals surface area contributed by atoms with Crippen molar-refractivity contribution in [2.24, 2.45) is 0 Å². The maximum atomic E-state index is 12.3. The van der Waals surface area contributed by atoms with Crippen LogP contribution in [0, 0.1) is 18.8 Å². The number of benzene rings is 1. The van der Waals surface area contributed by atoms with E-state index >= 15 is 0 Å². The molecule has 0 unspecified atom stereocenters. The first-order chi connectivity index (χ1) is 7.30. The lowest BCUT2D eigenvalue weighted by Gasteiger charge is -2.07. The average molecular weight is 228 g/mol. The van der Waals surface area contributed by atoms with Crippen LogP contribution in [-0.2, 0) is 11.0 Å². The number of aryl methyl sites for hydroxylation is 1. The summed E-state index contributed by atoms with van der Waals surface area (Å²) in [6.45, 7) is 1.45. The average Bonchev–Trinajstić information content (AvgIpc) is 2.14. The van der Waals surface area contributed by atoms with Crippen molar-refractivity contribution in [1.29, 1.82) is 0 Å². The van der Waals surface area contributed by atoms with Gasteiger partial charge in [0.2, 0.25) is 0 Å². The van der Waals surface area contributed by atoms with E-state index in [0.717, 1.165) is 18.2 Å². The van der Waals surface area contributed by atoms with Crippen LogP contribution >= 0.6 is 0 Å². The van der Waals surface area contributed by atoms with E-state index in [1.807, 2.05) is 5.92 Å². The molecular formula is C11H7F3O2. The Bertz CT molecular complexity index is 478. The molecule has 2 nitrogen and oxygen atoms in total. The number of aliphatic carboxylic acids is 1. The Labute approximate surface area is 89.7 Å². The molecule has 0 aliphatic carbocycles. The van der Waals surface area contributed by atoms with Gasteiger partial charge in [0, 0.05) is 11.5 Å². The van der Waals surface area contributed by atoms with Crippen molar-refractivity contribution in [3.05, 3.63) is 34.9 Å². The molecule has 0 spiro atoms. The number of alkyl halides is 3. The maximum absolute atomic E-state index is 12.3. The van der Waals surface area contributed by atoms with Gasteiger partial charge in [-0.2, -0.15) is 13.2 Å². The van der Waals surface area contributed by atoms with Crippen LogP contribution in [0.25, 0.3) is 0 Å². The molecule has 1 aromatic rings. The van der Waals surface area contributed by atoms with E-state index in [1.54, 1.807) is 0 Å². The molecule has 0 saturated heterocycles. The number of carbonyl (C=O) groups is 1. The predicted octanol–water partition coefficient (Wildman–Crippen LogP) is 2.45. The SMILES string of the molecule is Cc1cc(C(F)(F)F)ccc1C#CC(=O)O. The number of carboxylic acids is 1. The summed E-state index contributed by atoms with van der Waals surface area (Å²) in [7, 11) is 0. The molecule has 1 rings (SSSR count). The second-order valence-corrected chi connectivity index (χ2v) is 3.08. The first-order valence-electron chi connectivity index (χ1n) is 4.23. The lowest BCUT2D eigenvalue weighted by atomic mass is 10.1. The van der Waals surface area contributed by atoms with Crippen LogP contribution in [0.15, 0.2) is 18.2 Å². The molecule has 1 N–H and O–H groups in total. The van der Waals surface area contributed by atoms with Crippen LogP contribution in [0.3, 0.4) is 0 Å². The highest BCUT2D eigenvalue weighted by Gasteiger charge is 2.30. The molecule has 0 radical (unpaired) electrons. The van der Waals surface area contributed by atoms with Crippen molar-refractivity contribution in [3.63, 3.8) is 0 Å². The molecule has 0 saturated carbocycles. The lowest BCUT2D eigenvalue weighted by molar-refractivity contribution is -0.137. The Morgan fingerprint density at radius 3 is 2.44 bits per heavy atom. The third-order valence-electron chi connectivity index (χ3n) is 1.86. The number of rotatable bonds is 0. The van der Waals surface area contributed by atoms with Gasteiger partial charge in [-0.05, 0) is 30.7 Å². The Morgan fingerprint density at radius 2 is 2.00 bits per heavy atom. The minimum atomic E-state index is -4.40. The zero-order valence-corrected chi connectivity index (χ0v) is 8.22. The first-order valence-corrected chi connectivity index (χ1v) is 4.23. The van der Waals surface area contributed by atoms with Crippen LogP contribution in [0.1, 0.15) is 16.7 Å². The van der Waals surface area contributed by atoms with Gasteiger partial charge in [-0.25, -0.2) is 4.79 Å².